The minimum absolute atomic E-state index is 0.308. The zero-order chi connectivity index (χ0) is 11.4. The molecule has 1 aromatic carbocycles. The summed E-state index contributed by atoms with van der Waals surface area (Å²) in [6.07, 6.45) is 0.811. The van der Waals surface area contributed by atoms with Crippen LogP contribution in [0.3, 0.4) is 0 Å². The molecule has 4 heteroatoms. The maximum atomic E-state index is 9.71. The number of benzene rings is 1. The highest BCUT2D eigenvalue weighted by Crippen LogP contribution is 2.25. The number of rotatable bonds is 3. The fourth-order valence-electron chi connectivity index (χ4n) is 2.00. The van der Waals surface area contributed by atoms with Crippen LogP contribution >= 0.6 is 11.6 Å². The van der Waals surface area contributed by atoms with Gasteiger partial charge in [0.25, 0.3) is 0 Å². The van der Waals surface area contributed by atoms with Gasteiger partial charge < -0.3 is 15.3 Å². The largest absolute Gasteiger partial charge is 0.508 e. The Bertz CT molecular complexity index is 331. The number of aromatic hydroxyl groups is 1. The van der Waals surface area contributed by atoms with Gasteiger partial charge in [-0.2, -0.15) is 0 Å². The zero-order valence-electron chi connectivity index (χ0n) is 9.25. The minimum Gasteiger partial charge on any atom is -0.508 e. The van der Waals surface area contributed by atoms with E-state index in [2.05, 4.69) is 10.2 Å². The second-order valence-corrected chi connectivity index (χ2v) is 4.49. The Hall–Kier alpha value is -0.770. The van der Waals surface area contributed by atoms with Gasteiger partial charge in [0.05, 0.1) is 0 Å². The molecule has 0 saturated carbocycles. The molecule has 0 amide bonds. The summed E-state index contributed by atoms with van der Waals surface area (Å²) in [5, 5.41) is 13.7. The van der Waals surface area contributed by atoms with Gasteiger partial charge in [-0.1, -0.05) is 17.7 Å². The molecule has 88 valence electrons. The van der Waals surface area contributed by atoms with Crippen molar-refractivity contribution >= 4 is 11.6 Å². The van der Waals surface area contributed by atoms with Crippen LogP contribution in [0.5, 0.6) is 5.75 Å². The quantitative estimate of drug-likeness (QED) is 0.841. The molecule has 0 aromatic heterocycles. The van der Waals surface area contributed by atoms with E-state index in [4.69, 9.17) is 11.6 Å². The highest BCUT2D eigenvalue weighted by Gasteiger charge is 2.11. The summed E-state index contributed by atoms with van der Waals surface area (Å²) >= 11 is 6.06. The van der Waals surface area contributed by atoms with Crippen LogP contribution in [-0.2, 0) is 6.42 Å². The van der Waals surface area contributed by atoms with Gasteiger partial charge in [-0.05, 0) is 18.6 Å². The predicted octanol–water partition coefficient (Wildman–Crippen LogP) is 1.49. The standard InChI is InChI=1S/C12H17ClN2O/c13-11-2-1-3-12(16)10(11)4-7-15-8-5-14-6-9-15/h1-3,14,16H,4-9H2. The smallest absolute Gasteiger partial charge is 0.120 e. The van der Waals surface area contributed by atoms with E-state index < -0.39 is 0 Å². The van der Waals surface area contributed by atoms with E-state index in [0.29, 0.717) is 10.8 Å². The second kappa shape index (κ2) is 5.53. The van der Waals surface area contributed by atoms with Crippen molar-refractivity contribution in [2.45, 2.75) is 6.42 Å². The van der Waals surface area contributed by atoms with Crippen molar-refractivity contribution in [2.24, 2.45) is 0 Å². The van der Waals surface area contributed by atoms with Crippen molar-refractivity contribution in [3.8, 4) is 5.75 Å². The summed E-state index contributed by atoms with van der Waals surface area (Å²) in [7, 11) is 0. The molecule has 2 N–H and O–H groups in total. The number of piperazine rings is 1. The molecular weight excluding hydrogens is 224 g/mol. The normalized spacial score (nSPS) is 17.6. The maximum Gasteiger partial charge on any atom is 0.120 e. The van der Waals surface area contributed by atoms with Crippen LogP contribution in [0.15, 0.2) is 18.2 Å². The Morgan fingerprint density at radius 2 is 2.06 bits per heavy atom. The highest BCUT2D eigenvalue weighted by molar-refractivity contribution is 6.31. The monoisotopic (exact) mass is 240 g/mol. The van der Waals surface area contributed by atoms with Gasteiger partial charge in [0.1, 0.15) is 5.75 Å². The third-order valence-corrected chi connectivity index (χ3v) is 3.34. The number of phenols is 1. The molecule has 2 rings (SSSR count). The molecule has 3 nitrogen and oxygen atoms in total. The zero-order valence-corrected chi connectivity index (χ0v) is 10.0. The molecule has 1 heterocycles. The lowest BCUT2D eigenvalue weighted by molar-refractivity contribution is 0.243. The summed E-state index contributed by atoms with van der Waals surface area (Å²) in [5.74, 6) is 0.308. The summed E-state index contributed by atoms with van der Waals surface area (Å²) in [5.41, 5.74) is 0.864. The van der Waals surface area contributed by atoms with Crippen molar-refractivity contribution in [2.75, 3.05) is 32.7 Å². The van der Waals surface area contributed by atoms with Crippen molar-refractivity contribution in [1.82, 2.24) is 10.2 Å². The third-order valence-electron chi connectivity index (χ3n) is 2.98. The van der Waals surface area contributed by atoms with Gasteiger partial charge >= 0.3 is 0 Å². The van der Waals surface area contributed by atoms with E-state index in [9.17, 15) is 5.11 Å². The summed E-state index contributed by atoms with van der Waals surface area (Å²) in [6, 6.07) is 5.29. The number of nitrogens with one attached hydrogen (secondary N) is 1. The van der Waals surface area contributed by atoms with Gasteiger partial charge in [-0.3, -0.25) is 0 Å². The van der Waals surface area contributed by atoms with Crippen LogP contribution in [-0.4, -0.2) is 42.7 Å². The van der Waals surface area contributed by atoms with Crippen LogP contribution in [0.25, 0.3) is 0 Å². The van der Waals surface area contributed by atoms with E-state index in [1.165, 1.54) is 0 Å². The molecule has 1 saturated heterocycles. The first-order valence-corrected chi connectivity index (χ1v) is 6.04. The molecule has 0 aliphatic carbocycles. The fourth-order valence-corrected chi connectivity index (χ4v) is 2.26. The molecule has 1 aliphatic heterocycles. The summed E-state index contributed by atoms with van der Waals surface area (Å²) in [6.45, 7) is 5.21. The van der Waals surface area contributed by atoms with Crippen LogP contribution in [0, 0.1) is 0 Å². The van der Waals surface area contributed by atoms with Crippen molar-refractivity contribution in [3.63, 3.8) is 0 Å². The van der Waals surface area contributed by atoms with E-state index >= 15 is 0 Å². The van der Waals surface area contributed by atoms with Crippen LogP contribution < -0.4 is 5.32 Å². The molecule has 0 spiro atoms. The molecule has 0 radical (unpaired) electrons. The Balaban J connectivity index is 1.93. The Morgan fingerprint density at radius 3 is 2.75 bits per heavy atom. The topological polar surface area (TPSA) is 35.5 Å². The first kappa shape index (κ1) is 11.7. The van der Waals surface area contributed by atoms with Crippen LogP contribution in [0.4, 0.5) is 0 Å². The Labute approximate surface area is 101 Å². The molecular formula is C12H17ClN2O. The van der Waals surface area contributed by atoms with E-state index in [-0.39, 0.29) is 0 Å². The van der Waals surface area contributed by atoms with Gasteiger partial charge in [0.15, 0.2) is 0 Å². The van der Waals surface area contributed by atoms with Gasteiger partial charge in [0, 0.05) is 43.3 Å². The SMILES string of the molecule is Oc1cccc(Cl)c1CCN1CCNCC1. The van der Waals surface area contributed by atoms with Crippen molar-refractivity contribution in [3.05, 3.63) is 28.8 Å². The van der Waals surface area contributed by atoms with Gasteiger partial charge in [-0.25, -0.2) is 0 Å². The Kier molecular flexibility index (Phi) is 4.04. The minimum atomic E-state index is 0.308. The Morgan fingerprint density at radius 1 is 1.31 bits per heavy atom. The number of hydrogen-bond donors (Lipinski definition) is 2. The van der Waals surface area contributed by atoms with Crippen molar-refractivity contribution < 1.29 is 5.11 Å². The van der Waals surface area contributed by atoms with E-state index in [0.717, 1.165) is 44.7 Å². The van der Waals surface area contributed by atoms with Crippen LogP contribution in [0.2, 0.25) is 5.02 Å². The van der Waals surface area contributed by atoms with E-state index in [1.54, 1.807) is 12.1 Å². The van der Waals surface area contributed by atoms with Crippen LogP contribution in [0.1, 0.15) is 5.56 Å². The maximum absolute atomic E-state index is 9.71. The fraction of sp³-hybridized carbons (Fsp3) is 0.500. The molecule has 0 bridgehead atoms. The van der Waals surface area contributed by atoms with Gasteiger partial charge in [-0.15, -0.1) is 0 Å². The van der Waals surface area contributed by atoms with Crippen molar-refractivity contribution in [1.29, 1.82) is 0 Å². The molecule has 1 aliphatic rings. The summed E-state index contributed by atoms with van der Waals surface area (Å²) < 4.78 is 0. The lowest BCUT2D eigenvalue weighted by atomic mass is 10.1. The lowest BCUT2D eigenvalue weighted by Crippen LogP contribution is -2.44. The predicted molar refractivity (Wildman–Crippen MR) is 66.1 cm³/mol. The lowest BCUT2D eigenvalue weighted by Gasteiger charge is -2.27. The number of phenolic OH excluding ortho intramolecular Hbond substituents is 1. The van der Waals surface area contributed by atoms with E-state index in [1.807, 2.05) is 6.07 Å². The first-order valence-electron chi connectivity index (χ1n) is 5.67. The first-order chi connectivity index (χ1) is 7.77. The number of hydrogen-bond acceptors (Lipinski definition) is 3. The molecule has 1 aromatic rings. The average Bonchev–Trinajstić information content (AvgIpc) is 2.30. The number of nitrogens with zero attached hydrogens (tertiary/aromatic N) is 1. The second-order valence-electron chi connectivity index (χ2n) is 4.08. The molecule has 16 heavy (non-hydrogen) atoms. The van der Waals surface area contributed by atoms with Gasteiger partial charge in [0.2, 0.25) is 0 Å². The average molecular weight is 241 g/mol. The summed E-state index contributed by atoms with van der Waals surface area (Å²) in [4.78, 5) is 2.39. The molecule has 1 fully saturated rings. The number of halogens is 1. The molecule has 0 unspecified atom stereocenters. The molecule has 0 atom stereocenters. The third kappa shape index (κ3) is 2.88. The highest BCUT2D eigenvalue weighted by atomic mass is 35.5.